The van der Waals surface area contributed by atoms with Crippen LogP contribution in [0.25, 0.3) is 0 Å². The maximum Gasteiger partial charge on any atom is 0.266 e. The van der Waals surface area contributed by atoms with E-state index < -0.39 is 17.6 Å². The monoisotopic (exact) mass is 361 g/mol. The van der Waals surface area contributed by atoms with Crippen molar-refractivity contribution in [3.63, 3.8) is 0 Å². The highest BCUT2D eigenvalue weighted by Gasteiger charge is 2.37. The lowest BCUT2D eigenvalue weighted by Crippen LogP contribution is -2.29. The maximum atomic E-state index is 13.0. The van der Waals surface area contributed by atoms with Crippen LogP contribution in [0.2, 0.25) is 0 Å². The molecule has 0 atom stereocenters. The Hall–Kier alpha value is -3.80. The summed E-state index contributed by atoms with van der Waals surface area (Å²) < 4.78 is 13.0. The standard InChI is InChI=1S/C21H12FNO4/c22-14-4-1-12(2-5-14)19(25)13-3-10-17-18(11-13)21(27)23(20(17)26)15-6-8-16(24)9-7-15/h1-11,24H. The van der Waals surface area contributed by atoms with E-state index in [4.69, 9.17) is 0 Å². The van der Waals surface area contributed by atoms with Gasteiger partial charge in [0.25, 0.3) is 11.8 Å². The molecule has 0 radical (unpaired) electrons. The number of ketones is 1. The summed E-state index contributed by atoms with van der Waals surface area (Å²) in [6, 6.07) is 15.0. The van der Waals surface area contributed by atoms with E-state index in [2.05, 4.69) is 0 Å². The zero-order valence-electron chi connectivity index (χ0n) is 13.8. The average Bonchev–Trinajstić information content (AvgIpc) is 2.93. The topological polar surface area (TPSA) is 74.7 Å². The summed E-state index contributed by atoms with van der Waals surface area (Å²) in [6.45, 7) is 0. The van der Waals surface area contributed by atoms with Crippen LogP contribution in [-0.2, 0) is 0 Å². The van der Waals surface area contributed by atoms with Crippen molar-refractivity contribution in [1.82, 2.24) is 0 Å². The summed E-state index contributed by atoms with van der Waals surface area (Å²) in [7, 11) is 0. The highest BCUT2D eigenvalue weighted by atomic mass is 19.1. The molecule has 6 heteroatoms. The number of nitrogens with zero attached hydrogens (tertiary/aromatic N) is 1. The van der Waals surface area contributed by atoms with Gasteiger partial charge >= 0.3 is 0 Å². The van der Waals surface area contributed by atoms with Crippen LogP contribution in [0, 0.1) is 5.82 Å². The average molecular weight is 361 g/mol. The van der Waals surface area contributed by atoms with Gasteiger partial charge in [-0.25, -0.2) is 9.29 Å². The lowest BCUT2D eigenvalue weighted by Gasteiger charge is -2.13. The van der Waals surface area contributed by atoms with E-state index in [1.165, 1.54) is 66.7 Å². The third-order valence-electron chi connectivity index (χ3n) is 4.36. The van der Waals surface area contributed by atoms with Gasteiger partial charge in [-0.2, -0.15) is 0 Å². The number of imide groups is 1. The molecule has 5 nitrogen and oxygen atoms in total. The van der Waals surface area contributed by atoms with Crippen molar-refractivity contribution < 1.29 is 23.9 Å². The molecular weight excluding hydrogens is 349 g/mol. The molecule has 4 rings (SSSR count). The van der Waals surface area contributed by atoms with E-state index in [0.717, 1.165) is 4.90 Å². The largest absolute Gasteiger partial charge is 0.508 e. The van der Waals surface area contributed by atoms with Crippen LogP contribution in [0.3, 0.4) is 0 Å². The summed E-state index contributed by atoms with van der Waals surface area (Å²) in [5, 5.41) is 9.38. The number of carbonyl (C=O) groups is 3. The molecule has 0 saturated carbocycles. The number of aromatic hydroxyl groups is 1. The van der Waals surface area contributed by atoms with Crippen LogP contribution in [0.5, 0.6) is 5.75 Å². The van der Waals surface area contributed by atoms with E-state index in [-0.39, 0.29) is 33.8 Å². The molecule has 0 spiro atoms. The Morgan fingerprint density at radius 3 is 2.04 bits per heavy atom. The Balaban J connectivity index is 1.71. The number of fused-ring (bicyclic) bond motifs is 1. The molecule has 0 saturated heterocycles. The second-order valence-corrected chi connectivity index (χ2v) is 6.06. The van der Waals surface area contributed by atoms with Gasteiger partial charge in [-0.3, -0.25) is 14.4 Å². The highest BCUT2D eigenvalue weighted by Crippen LogP contribution is 2.30. The number of carbonyl (C=O) groups excluding carboxylic acids is 3. The van der Waals surface area contributed by atoms with E-state index in [1.807, 2.05) is 0 Å². The van der Waals surface area contributed by atoms with Gasteiger partial charge < -0.3 is 5.11 Å². The first-order chi connectivity index (χ1) is 13.0. The summed E-state index contributed by atoms with van der Waals surface area (Å²) in [5.41, 5.74) is 1.16. The van der Waals surface area contributed by atoms with Gasteiger partial charge in [-0.15, -0.1) is 0 Å². The fraction of sp³-hybridized carbons (Fsp3) is 0. The van der Waals surface area contributed by atoms with Crippen LogP contribution in [0.4, 0.5) is 10.1 Å². The van der Waals surface area contributed by atoms with Crippen molar-refractivity contribution in [3.8, 4) is 5.75 Å². The number of anilines is 1. The number of phenols is 1. The smallest absolute Gasteiger partial charge is 0.266 e. The predicted molar refractivity (Wildman–Crippen MR) is 95.5 cm³/mol. The first-order valence-electron chi connectivity index (χ1n) is 8.08. The van der Waals surface area contributed by atoms with Crippen LogP contribution in [0.1, 0.15) is 36.6 Å². The summed E-state index contributed by atoms with van der Waals surface area (Å²) in [6.07, 6.45) is 0. The maximum absolute atomic E-state index is 13.0. The predicted octanol–water partition coefficient (Wildman–Crippen LogP) is 3.56. The molecule has 132 valence electrons. The Labute approximate surface area is 153 Å². The Kier molecular flexibility index (Phi) is 3.81. The van der Waals surface area contributed by atoms with E-state index in [9.17, 15) is 23.9 Å². The lowest BCUT2D eigenvalue weighted by molar-refractivity contribution is 0.0925. The fourth-order valence-corrected chi connectivity index (χ4v) is 2.99. The fourth-order valence-electron chi connectivity index (χ4n) is 2.99. The zero-order chi connectivity index (χ0) is 19.1. The van der Waals surface area contributed by atoms with Crippen molar-refractivity contribution in [2.75, 3.05) is 4.90 Å². The minimum atomic E-state index is -0.547. The molecule has 3 aromatic carbocycles. The molecule has 0 aromatic heterocycles. The number of halogens is 1. The second-order valence-electron chi connectivity index (χ2n) is 6.06. The minimum Gasteiger partial charge on any atom is -0.508 e. The van der Waals surface area contributed by atoms with E-state index >= 15 is 0 Å². The van der Waals surface area contributed by atoms with Crippen molar-refractivity contribution >= 4 is 23.3 Å². The normalized spacial score (nSPS) is 13.0. The zero-order valence-corrected chi connectivity index (χ0v) is 13.8. The number of rotatable bonds is 3. The highest BCUT2D eigenvalue weighted by molar-refractivity contribution is 6.34. The number of hydrogen-bond acceptors (Lipinski definition) is 4. The first kappa shape index (κ1) is 16.7. The molecule has 2 amide bonds. The molecule has 0 aliphatic carbocycles. The van der Waals surface area contributed by atoms with E-state index in [0.29, 0.717) is 5.69 Å². The van der Waals surface area contributed by atoms with Gasteiger partial charge in [0.15, 0.2) is 5.78 Å². The van der Waals surface area contributed by atoms with Gasteiger partial charge in [0.2, 0.25) is 0 Å². The number of benzene rings is 3. The molecule has 1 N–H and O–H groups in total. The van der Waals surface area contributed by atoms with Gasteiger partial charge in [0, 0.05) is 11.1 Å². The number of hydrogen-bond donors (Lipinski definition) is 1. The van der Waals surface area contributed by atoms with Gasteiger partial charge in [-0.1, -0.05) is 6.07 Å². The molecule has 0 bridgehead atoms. The molecule has 1 heterocycles. The number of phenolic OH excluding ortho intramolecular Hbond substituents is 1. The van der Waals surface area contributed by atoms with E-state index in [1.54, 1.807) is 0 Å². The molecule has 27 heavy (non-hydrogen) atoms. The molecular formula is C21H12FNO4. The van der Waals surface area contributed by atoms with Crippen molar-refractivity contribution in [3.05, 3.63) is 94.8 Å². The summed E-state index contributed by atoms with van der Waals surface area (Å²) >= 11 is 0. The SMILES string of the molecule is O=C(c1ccc(F)cc1)c1ccc2c(c1)C(=O)N(c1ccc(O)cc1)C2=O. The van der Waals surface area contributed by atoms with Gasteiger partial charge in [-0.05, 0) is 60.7 Å². The Morgan fingerprint density at radius 1 is 0.778 bits per heavy atom. The van der Waals surface area contributed by atoms with Crippen LogP contribution in [0.15, 0.2) is 66.7 Å². The second kappa shape index (κ2) is 6.17. The molecule has 3 aromatic rings. The molecule has 0 fully saturated rings. The quantitative estimate of drug-likeness (QED) is 0.572. The molecule has 0 unspecified atom stereocenters. The summed E-state index contributed by atoms with van der Waals surface area (Å²) in [4.78, 5) is 38.9. The molecule has 1 aliphatic heterocycles. The third kappa shape index (κ3) is 2.77. The Bertz CT molecular complexity index is 1090. The third-order valence-corrected chi connectivity index (χ3v) is 4.36. The summed E-state index contributed by atoms with van der Waals surface area (Å²) in [5.74, 6) is -1.86. The van der Waals surface area contributed by atoms with Crippen LogP contribution >= 0.6 is 0 Å². The van der Waals surface area contributed by atoms with Crippen molar-refractivity contribution in [2.24, 2.45) is 0 Å². The van der Waals surface area contributed by atoms with Gasteiger partial charge in [0.1, 0.15) is 11.6 Å². The Morgan fingerprint density at radius 2 is 1.37 bits per heavy atom. The van der Waals surface area contributed by atoms with Crippen molar-refractivity contribution in [2.45, 2.75) is 0 Å². The van der Waals surface area contributed by atoms with Gasteiger partial charge in [0.05, 0.1) is 16.8 Å². The first-order valence-corrected chi connectivity index (χ1v) is 8.08. The lowest BCUT2D eigenvalue weighted by atomic mass is 9.99. The minimum absolute atomic E-state index is 0.0162. The van der Waals surface area contributed by atoms with Crippen LogP contribution in [-0.4, -0.2) is 22.7 Å². The number of amides is 2. The molecule has 1 aliphatic rings. The van der Waals surface area contributed by atoms with Crippen molar-refractivity contribution in [1.29, 1.82) is 0 Å². The van der Waals surface area contributed by atoms with Crippen LogP contribution < -0.4 is 4.90 Å².